The van der Waals surface area contributed by atoms with Crippen LogP contribution in [0.15, 0.2) is 0 Å². The minimum atomic E-state index is -0.818. The van der Waals surface area contributed by atoms with Crippen LogP contribution >= 0.6 is 0 Å². The zero-order chi connectivity index (χ0) is 25.0. The quantitative estimate of drug-likeness (QED) is 0.105. The Labute approximate surface area is 211 Å². The second-order valence-corrected chi connectivity index (χ2v) is 11.2. The van der Waals surface area contributed by atoms with Gasteiger partial charge in [0.15, 0.2) is 0 Å². The molecule has 0 bridgehead atoms. The fourth-order valence-corrected chi connectivity index (χ4v) is 5.31. The zero-order valence-electron chi connectivity index (χ0n) is 23.1. The van der Waals surface area contributed by atoms with E-state index in [0.717, 1.165) is 25.7 Å². The van der Waals surface area contributed by atoms with Gasteiger partial charge in [-0.2, -0.15) is 0 Å². The van der Waals surface area contributed by atoms with E-state index in [1.807, 2.05) is 0 Å². The van der Waals surface area contributed by atoms with E-state index < -0.39 is 11.9 Å². The van der Waals surface area contributed by atoms with E-state index in [-0.39, 0.29) is 6.10 Å². The molecule has 0 saturated heterocycles. The van der Waals surface area contributed by atoms with Crippen LogP contribution in [0.5, 0.6) is 0 Å². The monoisotopic (exact) mass is 480 g/mol. The Morgan fingerprint density at radius 2 is 1.18 bits per heavy atom. The van der Waals surface area contributed by atoms with Gasteiger partial charge in [-0.05, 0) is 37.0 Å². The minimum absolute atomic E-state index is 0.153. The fourth-order valence-electron chi connectivity index (χ4n) is 5.31. The van der Waals surface area contributed by atoms with Crippen LogP contribution in [0, 0.1) is 17.8 Å². The van der Waals surface area contributed by atoms with E-state index in [2.05, 4.69) is 27.7 Å². The maximum absolute atomic E-state index is 12.2. The standard InChI is InChI=1S/C30H56O4/c1-5-6-7-8-9-10-11-12-13-14-15-16-17-18-19-20-23-33-29(31)30(32)34-28-24-26(4)21-22-27(28)25(2)3/h25-28H,5-24H2,1-4H3. The lowest BCUT2D eigenvalue weighted by molar-refractivity contribution is -0.175. The Bertz CT molecular complexity index is 516. The number of carbonyl (C=O) groups is 2. The van der Waals surface area contributed by atoms with Gasteiger partial charge in [0.25, 0.3) is 0 Å². The first-order chi connectivity index (χ1) is 16.5. The third-order valence-corrected chi connectivity index (χ3v) is 7.62. The van der Waals surface area contributed by atoms with Gasteiger partial charge in [-0.3, -0.25) is 0 Å². The summed E-state index contributed by atoms with van der Waals surface area (Å²) in [6, 6.07) is 0. The summed E-state index contributed by atoms with van der Waals surface area (Å²) in [6.45, 7) is 9.11. The summed E-state index contributed by atoms with van der Waals surface area (Å²) in [6.07, 6.45) is 23.9. The van der Waals surface area contributed by atoms with Crippen molar-refractivity contribution in [3.05, 3.63) is 0 Å². The Morgan fingerprint density at radius 3 is 1.65 bits per heavy atom. The first-order valence-electron chi connectivity index (χ1n) is 14.8. The van der Waals surface area contributed by atoms with Crippen LogP contribution in [0.1, 0.15) is 150 Å². The van der Waals surface area contributed by atoms with E-state index in [1.54, 1.807) is 0 Å². The van der Waals surface area contributed by atoms with E-state index in [4.69, 9.17) is 9.47 Å². The molecule has 4 heteroatoms. The SMILES string of the molecule is CCCCCCCCCCCCCCCCCCOC(=O)C(=O)OC1CC(C)CCC1C(C)C. The zero-order valence-corrected chi connectivity index (χ0v) is 23.1. The number of rotatable bonds is 19. The number of esters is 2. The van der Waals surface area contributed by atoms with Crippen molar-refractivity contribution in [1.29, 1.82) is 0 Å². The van der Waals surface area contributed by atoms with E-state index in [0.29, 0.717) is 24.4 Å². The largest absolute Gasteiger partial charge is 0.457 e. The lowest BCUT2D eigenvalue weighted by Gasteiger charge is -2.36. The van der Waals surface area contributed by atoms with Crippen LogP contribution in [0.25, 0.3) is 0 Å². The molecule has 0 aromatic carbocycles. The predicted octanol–water partition coefficient (Wildman–Crippen LogP) is 8.80. The van der Waals surface area contributed by atoms with E-state index in [1.165, 1.54) is 96.3 Å². The third kappa shape index (κ3) is 15.0. The average Bonchev–Trinajstić information content (AvgIpc) is 2.80. The Kier molecular flexibility index (Phi) is 18.4. The van der Waals surface area contributed by atoms with Gasteiger partial charge in [0.1, 0.15) is 6.10 Å². The highest BCUT2D eigenvalue weighted by Gasteiger charge is 2.35. The van der Waals surface area contributed by atoms with Crippen molar-refractivity contribution >= 4 is 11.9 Å². The number of hydrogen-bond donors (Lipinski definition) is 0. The average molecular weight is 481 g/mol. The highest BCUT2D eigenvalue weighted by atomic mass is 16.6. The fraction of sp³-hybridized carbons (Fsp3) is 0.933. The molecule has 1 fully saturated rings. The van der Waals surface area contributed by atoms with Gasteiger partial charge in [0, 0.05) is 0 Å². The molecule has 0 aromatic heterocycles. The summed E-state index contributed by atoms with van der Waals surface area (Å²) in [7, 11) is 0. The summed E-state index contributed by atoms with van der Waals surface area (Å²) >= 11 is 0. The van der Waals surface area contributed by atoms with Gasteiger partial charge in [0.05, 0.1) is 6.61 Å². The normalized spacial score (nSPS) is 20.4. The molecule has 0 radical (unpaired) electrons. The Hall–Kier alpha value is -1.06. The first kappa shape index (κ1) is 31.0. The van der Waals surface area contributed by atoms with Gasteiger partial charge < -0.3 is 9.47 Å². The minimum Gasteiger partial charge on any atom is -0.457 e. The number of carbonyl (C=O) groups excluding carboxylic acids is 2. The van der Waals surface area contributed by atoms with Gasteiger partial charge in [-0.1, -0.05) is 130 Å². The molecular weight excluding hydrogens is 424 g/mol. The highest BCUT2D eigenvalue weighted by Crippen LogP contribution is 2.35. The predicted molar refractivity (Wildman–Crippen MR) is 142 cm³/mol. The Morgan fingerprint density at radius 1 is 0.706 bits per heavy atom. The summed E-state index contributed by atoms with van der Waals surface area (Å²) in [5.74, 6) is -0.295. The molecule has 1 aliphatic rings. The third-order valence-electron chi connectivity index (χ3n) is 7.62. The summed E-state index contributed by atoms with van der Waals surface area (Å²) < 4.78 is 10.7. The maximum atomic E-state index is 12.2. The second kappa shape index (κ2) is 20.2. The topological polar surface area (TPSA) is 52.6 Å². The van der Waals surface area contributed by atoms with E-state index in [9.17, 15) is 9.59 Å². The molecule has 200 valence electrons. The lowest BCUT2D eigenvalue weighted by Crippen LogP contribution is -2.37. The van der Waals surface area contributed by atoms with Crippen LogP contribution in [0.4, 0.5) is 0 Å². The van der Waals surface area contributed by atoms with Gasteiger partial charge in [-0.15, -0.1) is 0 Å². The van der Waals surface area contributed by atoms with Crippen LogP contribution < -0.4 is 0 Å². The summed E-state index contributed by atoms with van der Waals surface area (Å²) in [4.78, 5) is 24.2. The van der Waals surface area contributed by atoms with Crippen molar-refractivity contribution in [1.82, 2.24) is 0 Å². The number of unbranched alkanes of at least 4 members (excludes halogenated alkanes) is 15. The molecule has 4 nitrogen and oxygen atoms in total. The van der Waals surface area contributed by atoms with Crippen molar-refractivity contribution in [3.63, 3.8) is 0 Å². The van der Waals surface area contributed by atoms with Gasteiger partial charge >= 0.3 is 11.9 Å². The van der Waals surface area contributed by atoms with Gasteiger partial charge in [-0.25, -0.2) is 9.59 Å². The van der Waals surface area contributed by atoms with Crippen molar-refractivity contribution in [2.75, 3.05) is 6.61 Å². The molecule has 1 rings (SSSR count). The smallest absolute Gasteiger partial charge is 0.417 e. The maximum Gasteiger partial charge on any atom is 0.417 e. The molecule has 1 saturated carbocycles. The molecule has 0 heterocycles. The molecule has 0 N–H and O–H groups in total. The van der Waals surface area contributed by atoms with Gasteiger partial charge in [0.2, 0.25) is 0 Å². The van der Waals surface area contributed by atoms with Crippen LogP contribution in [0.3, 0.4) is 0 Å². The van der Waals surface area contributed by atoms with Crippen molar-refractivity contribution in [3.8, 4) is 0 Å². The number of ether oxygens (including phenoxy) is 2. The first-order valence-corrected chi connectivity index (χ1v) is 14.8. The second-order valence-electron chi connectivity index (χ2n) is 11.2. The molecule has 0 aromatic rings. The number of hydrogen-bond acceptors (Lipinski definition) is 4. The molecule has 0 aliphatic heterocycles. The van der Waals surface area contributed by atoms with Crippen LogP contribution in [-0.2, 0) is 19.1 Å². The highest BCUT2D eigenvalue weighted by molar-refractivity contribution is 6.29. The molecule has 0 amide bonds. The summed E-state index contributed by atoms with van der Waals surface area (Å²) in [5, 5.41) is 0. The summed E-state index contributed by atoms with van der Waals surface area (Å²) in [5.41, 5.74) is 0. The van der Waals surface area contributed by atoms with Crippen molar-refractivity contribution in [2.24, 2.45) is 17.8 Å². The molecule has 0 spiro atoms. The van der Waals surface area contributed by atoms with Crippen LogP contribution in [0.2, 0.25) is 0 Å². The molecule has 34 heavy (non-hydrogen) atoms. The van der Waals surface area contributed by atoms with Crippen LogP contribution in [-0.4, -0.2) is 24.6 Å². The molecular formula is C30H56O4. The Balaban J connectivity index is 1.93. The van der Waals surface area contributed by atoms with E-state index >= 15 is 0 Å². The molecule has 1 aliphatic carbocycles. The molecule has 3 unspecified atom stereocenters. The van der Waals surface area contributed by atoms with Crippen molar-refractivity contribution in [2.45, 2.75) is 156 Å². The van der Waals surface area contributed by atoms with Crippen molar-refractivity contribution < 1.29 is 19.1 Å². The molecule has 3 atom stereocenters. The lowest BCUT2D eigenvalue weighted by atomic mass is 9.75.